The van der Waals surface area contributed by atoms with Gasteiger partial charge in [0.25, 0.3) is 0 Å². The van der Waals surface area contributed by atoms with Gasteiger partial charge < -0.3 is 9.88 Å². The van der Waals surface area contributed by atoms with Gasteiger partial charge in [0.15, 0.2) is 0 Å². The average molecular weight is 435 g/mol. The number of H-pyrrole nitrogens is 1. The third kappa shape index (κ3) is 4.59. The Morgan fingerprint density at radius 1 is 1.10 bits per heavy atom. The van der Waals surface area contributed by atoms with Gasteiger partial charge in [-0.3, -0.25) is 4.90 Å². The van der Waals surface area contributed by atoms with E-state index in [0.29, 0.717) is 11.1 Å². The molecule has 2 aromatic heterocycles. The van der Waals surface area contributed by atoms with Gasteiger partial charge in [0.1, 0.15) is 0 Å². The molecule has 0 spiro atoms. The minimum absolute atomic E-state index is 0.379. The van der Waals surface area contributed by atoms with Crippen molar-refractivity contribution in [1.82, 2.24) is 14.9 Å². The molecule has 0 aliphatic carbocycles. The van der Waals surface area contributed by atoms with E-state index in [1.54, 1.807) is 0 Å². The van der Waals surface area contributed by atoms with Crippen LogP contribution in [0.2, 0.25) is 0 Å². The fourth-order valence-electron chi connectivity index (χ4n) is 3.97. The van der Waals surface area contributed by atoms with E-state index >= 15 is 0 Å². The molecule has 1 aromatic carbocycles. The number of halogens is 3. The predicted octanol–water partition coefficient (Wildman–Crippen LogP) is 5.27. The number of fused-ring (bicyclic) bond motifs is 1. The lowest BCUT2D eigenvalue weighted by molar-refractivity contribution is -0.137. The van der Waals surface area contributed by atoms with Gasteiger partial charge in [0.2, 0.25) is 0 Å². The highest BCUT2D eigenvalue weighted by atomic mass is 32.2. The van der Waals surface area contributed by atoms with E-state index in [4.69, 9.17) is 0 Å². The summed E-state index contributed by atoms with van der Waals surface area (Å²) in [5.41, 5.74) is 1.72. The van der Waals surface area contributed by atoms with Crippen LogP contribution in [-0.2, 0) is 6.18 Å². The molecule has 1 atom stereocenters. The van der Waals surface area contributed by atoms with E-state index < -0.39 is 11.7 Å². The molecule has 0 radical (unpaired) electrons. The zero-order chi connectivity index (χ0) is 21.1. The molecular weight excluding hydrogens is 409 g/mol. The first-order valence-corrected chi connectivity index (χ1v) is 11.2. The van der Waals surface area contributed by atoms with Crippen LogP contribution in [-0.4, -0.2) is 52.8 Å². The second kappa shape index (κ2) is 8.89. The Morgan fingerprint density at radius 3 is 2.57 bits per heavy atom. The molecule has 0 bridgehead atoms. The van der Waals surface area contributed by atoms with Crippen LogP contribution < -0.4 is 4.90 Å². The van der Waals surface area contributed by atoms with Crippen molar-refractivity contribution in [3.63, 3.8) is 0 Å². The number of aromatic amines is 1. The highest BCUT2D eigenvalue weighted by Crippen LogP contribution is 2.31. The first-order valence-electron chi connectivity index (χ1n) is 10.2. The van der Waals surface area contributed by atoms with Gasteiger partial charge >= 0.3 is 6.18 Å². The quantitative estimate of drug-likeness (QED) is 0.536. The summed E-state index contributed by atoms with van der Waals surface area (Å²) < 4.78 is 38.1. The van der Waals surface area contributed by atoms with Gasteiger partial charge in [-0.2, -0.15) is 13.2 Å². The summed E-state index contributed by atoms with van der Waals surface area (Å²) in [6.07, 6.45) is -0.443. The number of alkyl halides is 3. The Bertz CT molecular complexity index is 962. The van der Waals surface area contributed by atoms with E-state index in [-0.39, 0.29) is 0 Å². The minimum atomic E-state index is -4.34. The Kier molecular flexibility index (Phi) is 6.24. The first kappa shape index (κ1) is 21.1. The van der Waals surface area contributed by atoms with Gasteiger partial charge in [-0.1, -0.05) is 13.0 Å². The molecule has 30 heavy (non-hydrogen) atoms. The maximum Gasteiger partial charge on any atom is 0.417 e. The molecule has 3 heterocycles. The summed E-state index contributed by atoms with van der Waals surface area (Å²) in [6.45, 7) is 6.03. The van der Waals surface area contributed by atoms with Crippen LogP contribution in [0.5, 0.6) is 0 Å². The first-order chi connectivity index (χ1) is 14.5. The lowest BCUT2D eigenvalue weighted by Gasteiger charge is -2.40. The van der Waals surface area contributed by atoms with Gasteiger partial charge in [0.05, 0.1) is 10.6 Å². The van der Waals surface area contributed by atoms with Crippen LogP contribution in [0, 0.1) is 0 Å². The van der Waals surface area contributed by atoms with Crippen molar-refractivity contribution in [1.29, 1.82) is 0 Å². The number of nitrogens with zero attached hydrogens (tertiary/aromatic N) is 3. The lowest BCUT2D eigenvalue weighted by Crippen LogP contribution is -2.51. The zero-order valence-electron chi connectivity index (χ0n) is 16.8. The second-order valence-corrected chi connectivity index (χ2v) is 8.54. The Balaban J connectivity index is 1.33. The van der Waals surface area contributed by atoms with E-state index in [0.717, 1.165) is 56.1 Å². The fraction of sp³-hybridized carbons (Fsp3) is 0.409. The third-order valence-corrected chi connectivity index (χ3v) is 6.79. The SMILES string of the molecule is CCC(CSc1ccc(C(F)(F)F)cn1)N1CCN(c2cccc3[nH]ccc23)CC1. The maximum absolute atomic E-state index is 12.7. The molecule has 0 saturated carbocycles. The van der Waals surface area contributed by atoms with E-state index in [9.17, 15) is 13.2 Å². The predicted molar refractivity (Wildman–Crippen MR) is 116 cm³/mol. The molecule has 1 aliphatic rings. The number of benzene rings is 1. The van der Waals surface area contributed by atoms with Crippen molar-refractivity contribution < 1.29 is 13.2 Å². The molecular formula is C22H25F3N4S. The normalized spacial score (nSPS) is 16.9. The zero-order valence-corrected chi connectivity index (χ0v) is 17.6. The van der Waals surface area contributed by atoms with E-state index in [2.05, 4.69) is 51.0 Å². The monoisotopic (exact) mass is 434 g/mol. The van der Waals surface area contributed by atoms with Gasteiger partial charge in [-0.15, -0.1) is 11.8 Å². The molecule has 0 amide bonds. The molecule has 8 heteroatoms. The summed E-state index contributed by atoms with van der Waals surface area (Å²) in [7, 11) is 0. The summed E-state index contributed by atoms with van der Waals surface area (Å²) in [5, 5.41) is 1.89. The highest BCUT2D eigenvalue weighted by Gasteiger charge is 2.30. The summed E-state index contributed by atoms with van der Waals surface area (Å²) in [4.78, 5) is 12.2. The van der Waals surface area contributed by atoms with Crippen molar-refractivity contribution in [2.24, 2.45) is 0 Å². The van der Waals surface area contributed by atoms with E-state index in [1.807, 2.05) is 6.20 Å². The molecule has 4 nitrogen and oxygen atoms in total. The van der Waals surface area contributed by atoms with Crippen molar-refractivity contribution in [2.45, 2.75) is 30.6 Å². The Morgan fingerprint density at radius 2 is 1.90 bits per heavy atom. The largest absolute Gasteiger partial charge is 0.417 e. The number of hydrogen-bond donors (Lipinski definition) is 1. The van der Waals surface area contributed by atoms with Crippen LogP contribution in [0.15, 0.2) is 53.8 Å². The molecule has 1 saturated heterocycles. The van der Waals surface area contributed by atoms with E-state index in [1.165, 1.54) is 28.9 Å². The highest BCUT2D eigenvalue weighted by molar-refractivity contribution is 7.99. The van der Waals surface area contributed by atoms with Crippen molar-refractivity contribution in [2.75, 3.05) is 36.8 Å². The van der Waals surface area contributed by atoms with Crippen LogP contribution >= 0.6 is 11.8 Å². The molecule has 1 N–H and O–H groups in total. The Labute approximate surface area is 178 Å². The van der Waals surface area contributed by atoms with Crippen LogP contribution in [0.25, 0.3) is 10.9 Å². The maximum atomic E-state index is 12.7. The lowest BCUT2D eigenvalue weighted by atomic mass is 10.1. The van der Waals surface area contributed by atoms with Gasteiger partial charge in [0, 0.05) is 67.0 Å². The number of nitrogens with one attached hydrogen (secondary N) is 1. The third-order valence-electron chi connectivity index (χ3n) is 5.70. The topological polar surface area (TPSA) is 35.2 Å². The van der Waals surface area contributed by atoms with Crippen molar-refractivity contribution in [3.8, 4) is 0 Å². The second-order valence-electron chi connectivity index (χ2n) is 7.50. The summed E-state index contributed by atoms with van der Waals surface area (Å²) in [5.74, 6) is 0.822. The standard InChI is InChI=1S/C22H25F3N4S/c1-2-17(15-30-21-7-6-16(14-27-21)22(23,24)25)28-10-12-29(13-11-28)20-5-3-4-19-18(20)8-9-26-19/h3-9,14,17,26H,2,10-13,15H2,1H3. The number of aromatic nitrogens is 2. The fourth-order valence-corrected chi connectivity index (χ4v) is 5.07. The van der Waals surface area contributed by atoms with Gasteiger partial charge in [-0.25, -0.2) is 4.98 Å². The molecule has 3 aromatic rings. The summed E-state index contributed by atoms with van der Waals surface area (Å²) in [6, 6.07) is 11.4. The average Bonchev–Trinajstić information content (AvgIpc) is 3.23. The number of anilines is 1. The van der Waals surface area contributed by atoms with Crippen molar-refractivity contribution in [3.05, 3.63) is 54.4 Å². The molecule has 1 aliphatic heterocycles. The van der Waals surface area contributed by atoms with Crippen molar-refractivity contribution >= 4 is 28.4 Å². The molecule has 160 valence electrons. The number of thioether (sulfide) groups is 1. The molecule has 1 unspecified atom stereocenters. The summed E-state index contributed by atoms with van der Waals surface area (Å²) >= 11 is 1.53. The van der Waals surface area contributed by atoms with Gasteiger partial charge in [-0.05, 0) is 36.8 Å². The molecule has 4 rings (SSSR count). The number of rotatable bonds is 6. The van der Waals surface area contributed by atoms with Crippen LogP contribution in [0.3, 0.4) is 0 Å². The minimum Gasteiger partial charge on any atom is -0.368 e. The number of hydrogen-bond acceptors (Lipinski definition) is 4. The number of piperazine rings is 1. The Hall–Kier alpha value is -2.19. The molecule has 1 fully saturated rings. The smallest absolute Gasteiger partial charge is 0.368 e. The van der Waals surface area contributed by atoms with Crippen LogP contribution in [0.4, 0.5) is 18.9 Å². The van der Waals surface area contributed by atoms with Crippen LogP contribution in [0.1, 0.15) is 18.9 Å². The number of pyridine rings is 1.